The first-order chi connectivity index (χ1) is 21.0. The molecule has 2 atom stereocenters. The largest absolute Gasteiger partial charge is 0.484 e. The first-order valence-corrected chi connectivity index (χ1v) is 14.5. The molecule has 0 unspecified atom stereocenters. The van der Waals surface area contributed by atoms with Crippen molar-refractivity contribution >= 4 is 34.6 Å². The molecular formula is C34H32N6O2S. The second-order valence-corrected chi connectivity index (χ2v) is 10.8. The molecule has 1 aliphatic rings. The Kier molecular flexibility index (Phi) is 8.15. The predicted octanol–water partition coefficient (Wildman–Crippen LogP) is 6.14. The Labute approximate surface area is 256 Å². The fourth-order valence-corrected chi connectivity index (χ4v) is 5.90. The number of hydrogen-bond acceptors (Lipinski definition) is 5. The number of hydrogen-bond donors (Lipinski definition) is 2. The molecule has 3 aromatic heterocycles. The third-order valence-corrected chi connectivity index (χ3v) is 7.98. The summed E-state index contributed by atoms with van der Waals surface area (Å²) in [5.41, 5.74) is 7.20. The van der Waals surface area contributed by atoms with E-state index >= 15 is 0 Å². The summed E-state index contributed by atoms with van der Waals surface area (Å²) in [4.78, 5) is 23.5. The molecule has 1 aliphatic heterocycles. The predicted molar refractivity (Wildman–Crippen MR) is 172 cm³/mol. The molecule has 0 spiro atoms. The maximum atomic E-state index is 12.5. The van der Waals surface area contributed by atoms with Crippen LogP contribution in [0.1, 0.15) is 40.3 Å². The van der Waals surface area contributed by atoms with Gasteiger partial charge < -0.3 is 24.8 Å². The van der Waals surface area contributed by atoms with Crippen molar-refractivity contribution in [1.82, 2.24) is 19.9 Å². The van der Waals surface area contributed by atoms with E-state index in [2.05, 4.69) is 50.0 Å². The van der Waals surface area contributed by atoms with Gasteiger partial charge in [-0.25, -0.2) is 0 Å². The second-order valence-electron chi connectivity index (χ2n) is 10.5. The van der Waals surface area contributed by atoms with Gasteiger partial charge in [0.25, 0.3) is 5.91 Å². The molecule has 8 nitrogen and oxygen atoms in total. The summed E-state index contributed by atoms with van der Waals surface area (Å²) in [6.45, 7) is 4.97. The molecular weight excluding hydrogens is 556 g/mol. The highest BCUT2D eigenvalue weighted by molar-refractivity contribution is 7.80. The van der Waals surface area contributed by atoms with Crippen LogP contribution in [0.15, 0.2) is 110 Å². The van der Waals surface area contributed by atoms with Crippen LogP contribution in [0.3, 0.4) is 0 Å². The quantitative estimate of drug-likeness (QED) is 0.200. The van der Waals surface area contributed by atoms with Gasteiger partial charge in [-0.2, -0.15) is 0 Å². The van der Waals surface area contributed by atoms with Crippen LogP contribution in [-0.4, -0.2) is 32.2 Å². The van der Waals surface area contributed by atoms with Gasteiger partial charge in [0.1, 0.15) is 5.75 Å². The van der Waals surface area contributed by atoms with E-state index < -0.39 is 0 Å². The molecule has 0 saturated carbocycles. The lowest BCUT2D eigenvalue weighted by Crippen LogP contribution is -2.29. The molecule has 2 N–H and O–H groups in total. The number of amides is 1. The molecule has 1 fully saturated rings. The monoisotopic (exact) mass is 588 g/mol. The summed E-state index contributed by atoms with van der Waals surface area (Å²) in [5, 5.41) is 7.07. The number of benzene rings is 2. The minimum absolute atomic E-state index is 0.0746. The summed E-state index contributed by atoms with van der Waals surface area (Å²) in [6.07, 6.45) is 5.46. The van der Waals surface area contributed by atoms with Gasteiger partial charge in [-0.3, -0.25) is 14.8 Å². The number of anilines is 2. The molecule has 0 radical (unpaired) electrons. The highest BCUT2D eigenvalue weighted by Gasteiger charge is 2.42. The number of ether oxygens (including phenoxy) is 1. The standard InChI is InChI=1S/C34H32N6O2S/c1-23-20-29(24(2)39(23)21-25-15-18-35-19-16-25)33-32(30-10-6-7-17-36-30)38-34(43)40(33)27-13-11-26(12-14-27)37-31(41)22-42-28-8-4-3-5-9-28/h3-20,32-33H,21-22H2,1-2H3,(H,37,41)(H,38,43)/t32-,33+/m1/s1. The fraction of sp³-hybridized carbons (Fsp3) is 0.176. The minimum atomic E-state index is -0.232. The van der Waals surface area contributed by atoms with E-state index in [1.165, 1.54) is 16.8 Å². The molecule has 1 amide bonds. The Hall–Kier alpha value is -5.02. The molecule has 43 heavy (non-hydrogen) atoms. The molecule has 1 saturated heterocycles. The zero-order chi connectivity index (χ0) is 29.8. The lowest BCUT2D eigenvalue weighted by Gasteiger charge is -2.28. The van der Waals surface area contributed by atoms with Crippen LogP contribution in [0.5, 0.6) is 5.75 Å². The average molecular weight is 589 g/mol. The van der Waals surface area contributed by atoms with Crippen molar-refractivity contribution < 1.29 is 9.53 Å². The number of thiocarbonyl (C=S) groups is 1. The molecule has 2 aromatic carbocycles. The van der Waals surface area contributed by atoms with Crippen LogP contribution in [0.25, 0.3) is 0 Å². The van der Waals surface area contributed by atoms with Gasteiger partial charge >= 0.3 is 0 Å². The molecule has 216 valence electrons. The summed E-state index contributed by atoms with van der Waals surface area (Å²) < 4.78 is 7.91. The lowest BCUT2D eigenvalue weighted by molar-refractivity contribution is -0.118. The van der Waals surface area contributed by atoms with Crippen molar-refractivity contribution in [1.29, 1.82) is 0 Å². The van der Waals surface area contributed by atoms with Gasteiger partial charge in [0, 0.05) is 47.9 Å². The molecule has 9 heteroatoms. The Morgan fingerprint density at radius 3 is 2.42 bits per heavy atom. The van der Waals surface area contributed by atoms with Gasteiger partial charge in [0.2, 0.25) is 0 Å². The smallest absolute Gasteiger partial charge is 0.262 e. The van der Waals surface area contributed by atoms with Gasteiger partial charge in [0.15, 0.2) is 11.7 Å². The third-order valence-electron chi connectivity index (χ3n) is 7.66. The zero-order valence-corrected chi connectivity index (χ0v) is 24.8. The number of aryl methyl sites for hydroxylation is 1. The van der Waals surface area contributed by atoms with E-state index in [4.69, 9.17) is 17.0 Å². The summed E-state index contributed by atoms with van der Waals surface area (Å²) in [5.74, 6) is 0.418. The highest BCUT2D eigenvalue weighted by atomic mass is 32.1. The van der Waals surface area contributed by atoms with Crippen LogP contribution in [0, 0.1) is 13.8 Å². The van der Waals surface area contributed by atoms with Crippen molar-refractivity contribution in [3.8, 4) is 5.75 Å². The molecule has 0 bridgehead atoms. The minimum Gasteiger partial charge on any atom is -0.484 e. The number of pyridine rings is 2. The van der Waals surface area contributed by atoms with Gasteiger partial charge in [-0.05, 0) is 104 Å². The van der Waals surface area contributed by atoms with Crippen LogP contribution < -0.4 is 20.3 Å². The number of nitrogens with zero attached hydrogens (tertiary/aromatic N) is 4. The van der Waals surface area contributed by atoms with Crippen LogP contribution in [-0.2, 0) is 11.3 Å². The SMILES string of the molecule is Cc1cc([C@H]2[C@@H](c3ccccn3)NC(=S)N2c2ccc(NC(=O)COc3ccccc3)cc2)c(C)n1Cc1ccncc1. The maximum Gasteiger partial charge on any atom is 0.262 e. The highest BCUT2D eigenvalue weighted by Crippen LogP contribution is 2.43. The summed E-state index contributed by atoms with van der Waals surface area (Å²) in [7, 11) is 0. The van der Waals surface area contributed by atoms with Gasteiger partial charge in [-0.1, -0.05) is 24.3 Å². The van der Waals surface area contributed by atoms with Crippen LogP contribution in [0.2, 0.25) is 0 Å². The zero-order valence-electron chi connectivity index (χ0n) is 24.0. The van der Waals surface area contributed by atoms with Gasteiger partial charge in [-0.15, -0.1) is 0 Å². The van der Waals surface area contributed by atoms with E-state index in [0.29, 0.717) is 16.5 Å². The maximum absolute atomic E-state index is 12.5. The number of carbonyl (C=O) groups is 1. The van der Waals surface area contributed by atoms with E-state index in [9.17, 15) is 4.79 Å². The van der Waals surface area contributed by atoms with E-state index in [-0.39, 0.29) is 24.6 Å². The van der Waals surface area contributed by atoms with E-state index in [0.717, 1.165) is 23.6 Å². The Balaban J connectivity index is 1.28. The molecule has 6 rings (SSSR count). The number of carbonyl (C=O) groups excluding carboxylic acids is 1. The van der Waals surface area contributed by atoms with Crippen molar-refractivity contribution in [2.45, 2.75) is 32.5 Å². The van der Waals surface area contributed by atoms with Crippen molar-refractivity contribution in [2.75, 3.05) is 16.8 Å². The van der Waals surface area contributed by atoms with Crippen molar-refractivity contribution in [3.63, 3.8) is 0 Å². The first-order valence-electron chi connectivity index (χ1n) is 14.1. The van der Waals surface area contributed by atoms with E-state index in [1.54, 1.807) is 0 Å². The number of para-hydroxylation sites is 1. The number of rotatable bonds is 9. The Morgan fingerprint density at radius 1 is 0.953 bits per heavy atom. The first kappa shape index (κ1) is 28.1. The topological polar surface area (TPSA) is 84.3 Å². The second kappa shape index (κ2) is 12.5. The Bertz CT molecular complexity index is 1710. The fourth-order valence-electron chi connectivity index (χ4n) is 5.56. The normalized spacial score (nSPS) is 16.1. The van der Waals surface area contributed by atoms with Crippen LogP contribution in [0.4, 0.5) is 11.4 Å². The van der Waals surface area contributed by atoms with Crippen molar-refractivity contribution in [2.24, 2.45) is 0 Å². The third kappa shape index (κ3) is 6.12. The summed E-state index contributed by atoms with van der Waals surface area (Å²) in [6, 6.07) is 29.0. The Morgan fingerprint density at radius 2 is 1.70 bits per heavy atom. The lowest BCUT2D eigenvalue weighted by atomic mass is 9.96. The number of aromatic nitrogens is 3. The van der Waals surface area contributed by atoms with Crippen LogP contribution >= 0.6 is 12.2 Å². The molecule has 5 aromatic rings. The number of nitrogens with one attached hydrogen (secondary N) is 2. The van der Waals surface area contributed by atoms with Gasteiger partial charge in [0.05, 0.1) is 17.8 Å². The summed E-state index contributed by atoms with van der Waals surface area (Å²) >= 11 is 5.94. The van der Waals surface area contributed by atoms with Crippen molar-refractivity contribution in [3.05, 3.63) is 138 Å². The molecule has 0 aliphatic carbocycles. The molecule has 4 heterocycles. The average Bonchev–Trinajstić information content (AvgIpc) is 3.52. The van der Waals surface area contributed by atoms with E-state index in [1.807, 2.05) is 104 Å².